The third-order valence-electron chi connectivity index (χ3n) is 5.17. The minimum Gasteiger partial charge on any atom is -0.503 e. The lowest BCUT2D eigenvalue weighted by molar-refractivity contribution is -0.130. The zero-order chi connectivity index (χ0) is 21.3. The average molecular weight is 424 g/mol. The predicted molar refractivity (Wildman–Crippen MR) is 114 cm³/mol. The molecule has 0 radical (unpaired) electrons. The summed E-state index contributed by atoms with van der Waals surface area (Å²) >= 11 is 6.00. The van der Waals surface area contributed by atoms with Gasteiger partial charge < -0.3 is 14.7 Å². The van der Waals surface area contributed by atoms with E-state index in [0.717, 1.165) is 5.56 Å². The van der Waals surface area contributed by atoms with Crippen molar-refractivity contribution < 1.29 is 19.0 Å². The lowest BCUT2D eigenvalue weighted by Crippen LogP contribution is -2.30. The second-order valence-electron chi connectivity index (χ2n) is 6.97. The molecule has 1 heterocycles. The van der Waals surface area contributed by atoms with Gasteiger partial charge in [0.25, 0.3) is 5.91 Å². The summed E-state index contributed by atoms with van der Waals surface area (Å²) in [5.41, 5.74) is 2.11. The Bertz CT molecular complexity index is 1110. The van der Waals surface area contributed by atoms with Gasteiger partial charge in [0, 0.05) is 22.7 Å². The van der Waals surface area contributed by atoms with Crippen LogP contribution in [0.5, 0.6) is 5.75 Å². The second kappa shape index (κ2) is 8.20. The van der Waals surface area contributed by atoms with E-state index in [1.807, 2.05) is 12.1 Å². The van der Waals surface area contributed by atoms with E-state index >= 15 is 0 Å². The van der Waals surface area contributed by atoms with Crippen LogP contribution >= 0.6 is 11.6 Å². The lowest BCUT2D eigenvalue weighted by Gasteiger charge is -2.28. The van der Waals surface area contributed by atoms with Crippen LogP contribution in [-0.4, -0.2) is 23.0 Å². The van der Waals surface area contributed by atoms with E-state index in [0.29, 0.717) is 27.5 Å². The van der Waals surface area contributed by atoms with E-state index in [4.69, 9.17) is 16.3 Å². The molecule has 4 rings (SSSR count). The number of rotatable bonds is 5. The van der Waals surface area contributed by atoms with Crippen molar-refractivity contribution in [2.45, 2.75) is 12.6 Å². The van der Waals surface area contributed by atoms with E-state index in [9.17, 15) is 14.3 Å². The minimum atomic E-state index is -0.776. The fraction of sp³-hybridized carbons (Fsp3) is 0.125. The van der Waals surface area contributed by atoms with Crippen LogP contribution in [0.3, 0.4) is 0 Å². The molecule has 0 aromatic heterocycles. The van der Waals surface area contributed by atoms with E-state index in [1.54, 1.807) is 61.7 Å². The summed E-state index contributed by atoms with van der Waals surface area (Å²) in [4.78, 5) is 14.5. The van der Waals surface area contributed by atoms with Crippen LogP contribution < -0.4 is 4.74 Å². The molecule has 4 nitrogen and oxygen atoms in total. The molecule has 6 heteroatoms. The van der Waals surface area contributed by atoms with Crippen LogP contribution in [0.4, 0.5) is 4.39 Å². The molecule has 0 aliphatic carbocycles. The largest absolute Gasteiger partial charge is 0.503 e. The molecule has 0 spiro atoms. The average Bonchev–Trinajstić information content (AvgIpc) is 3.00. The van der Waals surface area contributed by atoms with Gasteiger partial charge in [-0.05, 0) is 41.5 Å². The fourth-order valence-corrected chi connectivity index (χ4v) is 3.81. The topological polar surface area (TPSA) is 49.8 Å². The van der Waals surface area contributed by atoms with Gasteiger partial charge in [-0.2, -0.15) is 0 Å². The van der Waals surface area contributed by atoms with Crippen molar-refractivity contribution in [3.05, 3.63) is 106 Å². The molecule has 152 valence electrons. The van der Waals surface area contributed by atoms with Crippen molar-refractivity contribution in [2.75, 3.05) is 7.11 Å². The molecule has 1 atom stereocenters. The Morgan fingerprint density at radius 2 is 1.70 bits per heavy atom. The van der Waals surface area contributed by atoms with Gasteiger partial charge in [0.2, 0.25) is 0 Å². The Kier molecular flexibility index (Phi) is 5.46. The molecule has 30 heavy (non-hydrogen) atoms. The Morgan fingerprint density at radius 1 is 1.03 bits per heavy atom. The molecule has 0 bridgehead atoms. The van der Waals surface area contributed by atoms with Crippen molar-refractivity contribution in [2.24, 2.45) is 0 Å². The number of benzene rings is 3. The summed E-state index contributed by atoms with van der Waals surface area (Å²) in [6.07, 6.45) is 0. The normalized spacial score (nSPS) is 16.3. The fourth-order valence-electron chi connectivity index (χ4n) is 3.69. The highest BCUT2D eigenvalue weighted by Gasteiger charge is 2.42. The predicted octanol–water partition coefficient (Wildman–Crippen LogP) is 5.54. The van der Waals surface area contributed by atoms with Crippen molar-refractivity contribution in [1.82, 2.24) is 4.90 Å². The first kappa shape index (κ1) is 20.0. The maximum Gasteiger partial charge on any atom is 0.290 e. The second-order valence-corrected chi connectivity index (χ2v) is 7.41. The standard InChI is InChI=1S/C24H19ClFNO3/c1-30-18-12-6-15(7-13-18)14-27-22(19-4-2-3-5-20(19)26)21(23(28)24(27)29)16-8-10-17(25)11-9-16/h2-13,22,28H,14H2,1H3/t22-/m0/s1. The summed E-state index contributed by atoms with van der Waals surface area (Å²) in [6, 6.07) is 19.5. The summed E-state index contributed by atoms with van der Waals surface area (Å²) in [7, 11) is 1.58. The first-order chi connectivity index (χ1) is 14.5. The zero-order valence-corrected chi connectivity index (χ0v) is 16.9. The smallest absolute Gasteiger partial charge is 0.290 e. The summed E-state index contributed by atoms with van der Waals surface area (Å²) in [5, 5.41) is 11.3. The molecule has 3 aromatic carbocycles. The monoisotopic (exact) mass is 423 g/mol. The Balaban J connectivity index is 1.80. The SMILES string of the molecule is COc1ccc(CN2C(=O)C(O)=C(c3ccc(Cl)cc3)[C@@H]2c2ccccc2F)cc1. The minimum absolute atomic E-state index is 0.197. The molecule has 0 unspecified atom stereocenters. The molecular formula is C24H19ClFNO3. The summed E-state index contributed by atoms with van der Waals surface area (Å²) < 4.78 is 20.0. The highest BCUT2D eigenvalue weighted by atomic mass is 35.5. The highest BCUT2D eigenvalue weighted by molar-refractivity contribution is 6.30. The first-order valence-corrected chi connectivity index (χ1v) is 9.75. The number of halogens is 2. The number of hydrogen-bond acceptors (Lipinski definition) is 3. The molecular weight excluding hydrogens is 405 g/mol. The number of hydrogen-bond donors (Lipinski definition) is 1. The van der Waals surface area contributed by atoms with Crippen LogP contribution in [0, 0.1) is 5.82 Å². The van der Waals surface area contributed by atoms with E-state index < -0.39 is 17.8 Å². The van der Waals surface area contributed by atoms with Crippen molar-refractivity contribution in [1.29, 1.82) is 0 Å². The van der Waals surface area contributed by atoms with Crippen LogP contribution in [0.15, 0.2) is 78.6 Å². The number of nitrogens with zero attached hydrogens (tertiary/aromatic N) is 1. The van der Waals surface area contributed by atoms with Crippen molar-refractivity contribution in [3.63, 3.8) is 0 Å². The van der Waals surface area contributed by atoms with E-state index in [-0.39, 0.29) is 12.3 Å². The quantitative estimate of drug-likeness (QED) is 0.586. The number of aliphatic hydroxyl groups is 1. The molecule has 1 N–H and O–H groups in total. The molecule has 1 aliphatic heterocycles. The third-order valence-corrected chi connectivity index (χ3v) is 5.42. The van der Waals surface area contributed by atoms with Gasteiger partial charge in [0.1, 0.15) is 11.6 Å². The number of aliphatic hydroxyl groups excluding tert-OH is 1. The van der Waals surface area contributed by atoms with Gasteiger partial charge in [0.15, 0.2) is 5.76 Å². The molecule has 0 saturated carbocycles. The Morgan fingerprint density at radius 3 is 2.33 bits per heavy atom. The molecule has 0 saturated heterocycles. The molecule has 1 aliphatic rings. The molecule has 1 amide bonds. The Labute approximate surface area is 178 Å². The van der Waals surface area contributed by atoms with Gasteiger partial charge in [0.05, 0.1) is 13.2 Å². The Hall–Kier alpha value is -3.31. The van der Waals surface area contributed by atoms with Gasteiger partial charge in [-0.15, -0.1) is 0 Å². The summed E-state index contributed by atoms with van der Waals surface area (Å²) in [5.74, 6) is -0.695. The highest BCUT2D eigenvalue weighted by Crippen LogP contribution is 2.44. The van der Waals surface area contributed by atoms with Crippen LogP contribution in [0.1, 0.15) is 22.7 Å². The maximum absolute atomic E-state index is 14.8. The van der Waals surface area contributed by atoms with Gasteiger partial charge >= 0.3 is 0 Å². The lowest BCUT2D eigenvalue weighted by atomic mass is 9.93. The number of carbonyl (C=O) groups excluding carboxylic acids is 1. The van der Waals surface area contributed by atoms with Crippen LogP contribution in [0.2, 0.25) is 5.02 Å². The van der Waals surface area contributed by atoms with Gasteiger partial charge in [-0.25, -0.2) is 4.39 Å². The van der Waals surface area contributed by atoms with Crippen LogP contribution in [-0.2, 0) is 11.3 Å². The van der Waals surface area contributed by atoms with Crippen LogP contribution in [0.25, 0.3) is 5.57 Å². The van der Waals surface area contributed by atoms with Gasteiger partial charge in [-0.3, -0.25) is 4.79 Å². The molecule has 0 fully saturated rings. The zero-order valence-electron chi connectivity index (χ0n) is 16.2. The number of methoxy groups -OCH3 is 1. The maximum atomic E-state index is 14.8. The van der Waals surface area contributed by atoms with Crippen molar-refractivity contribution >= 4 is 23.1 Å². The first-order valence-electron chi connectivity index (χ1n) is 9.37. The number of amides is 1. The third kappa shape index (κ3) is 3.64. The molecule has 3 aromatic rings. The van der Waals surface area contributed by atoms with E-state index in [1.165, 1.54) is 11.0 Å². The van der Waals surface area contributed by atoms with Gasteiger partial charge in [-0.1, -0.05) is 54.1 Å². The summed E-state index contributed by atoms with van der Waals surface area (Å²) in [6.45, 7) is 0.197. The number of ether oxygens (including phenoxy) is 1. The van der Waals surface area contributed by atoms with E-state index in [2.05, 4.69) is 0 Å². The number of carbonyl (C=O) groups is 1. The van der Waals surface area contributed by atoms with Crippen molar-refractivity contribution in [3.8, 4) is 5.75 Å².